The molecule has 23 heavy (non-hydrogen) atoms. The van der Waals surface area contributed by atoms with Crippen molar-refractivity contribution in [3.05, 3.63) is 65.2 Å². The van der Waals surface area contributed by atoms with Gasteiger partial charge in [0, 0.05) is 6.08 Å². The molecule has 0 fully saturated rings. The van der Waals surface area contributed by atoms with Gasteiger partial charge in [0.1, 0.15) is 6.61 Å². The van der Waals surface area contributed by atoms with Gasteiger partial charge in [-0.3, -0.25) is 0 Å². The van der Waals surface area contributed by atoms with Crippen molar-refractivity contribution in [1.29, 1.82) is 0 Å². The molecular weight excluding hydrogens is 292 g/mol. The molecule has 0 aromatic heterocycles. The molecule has 0 radical (unpaired) electrons. The molecule has 0 aliphatic heterocycles. The lowest BCUT2D eigenvalue weighted by Crippen LogP contribution is -2.01. The van der Waals surface area contributed by atoms with Crippen LogP contribution in [0.4, 0.5) is 0 Å². The van der Waals surface area contributed by atoms with Crippen molar-refractivity contribution in [3.63, 3.8) is 0 Å². The summed E-state index contributed by atoms with van der Waals surface area (Å²) in [5.41, 5.74) is 3.04. The molecule has 0 saturated carbocycles. The van der Waals surface area contributed by atoms with Crippen LogP contribution >= 0.6 is 0 Å². The summed E-state index contributed by atoms with van der Waals surface area (Å²) in [7, 11) is 0. The fourth-order valence-corrected chi connectivity index (χ4v) is 2.11. The van der Waals surface area contributed by atoms with Crippen LogP contribution in [0.2, 0.25) is 0 Å². The Kier molecular flexibility index (Phi) is 5.80. The molecule has 0 bridgehead atoms. The molecular formula is C19H20O4. The summed E-state index contributed by atoms with van der Waals surface area (Å²) in [4.78, 5) is 10.6. The van der Waals surface area contributed by atoms with Gasteiger partial charge >= 0.3 is 5.97 Å². The van der Waals surface area contributed by atoms with E-state index >= 15 is 0 Å². The highest BCUT2D eigenvalue weighted by molar-refractivity contribution is 5.85. The molecule has 2 rings (SSSR count). The maximum absolute atomic E-state index is 10.6. The fraction of sp³-hybridized carbons (Fsp3) is 0.211. The van der Waals surface area contributed by atoms with Crippen molar-refractivity contribution in [1.82, 2.24) is 0 Å². The van der Waals surface area contributed by atoms with E-state index < -0.39 is 5.97 Å². The zero-order valence-corrected chi connectivity index (χ0v) is 13.3. The first kappa shape index (κ1) is 16.6. The first-order chi connectivity index (χ1) is 11.1. The Bertz CT molecular complexity index is 704. The van der Waals surface area contributed by atoms with Gasteiger partial charge in [0.25, 0.3) is 0 Å². The van der Waals surface area contributed by atoms with Crippen LogP contribution in [0.15, 0.2) is 48.5 Å². The Balaban J connectivity index is 2.17. The molecule has 0 spiro atoms. The average molecular weight is 312 g/mol. The predicted octanol–water partition coefficient (Wildman–Crippen LogP) is 4.07. The van der Waals surface area contributed by atoms with Crippen LogP contribution in [0.1, 0.15) is 23.6 Å². The van der Waals surface area contributed by atoms with Gasteiger partial charge in [-0.1, -0.05) is 30.3 Å². The predicted molar refractivity (Wildman–Crippen MR) is 89.8 cm³/mol. The SMILES string of the molecule is CCOc1cc(/C=C/C(=O)O)ccc1OCc1ccccc1C. The minimum Gasteiger partial charge on any atom is -0.490 e. The summed E-state index contributed by atoms with van der Waals surface area (Å²) in [5, 5.41) is 8.70. The van der Waals surface area contributed by atoms with Crippen LogP contribution < -0.4 is 9.47 Å². The van der Waals surface area contributed by atoms with Crippen LogP contribution in [0.3, 0.4) is 0 Å². The van der Waals surface area contributed by atoms with Crippen molar-refractivity contribution in [2.24, 2.45) is 0 Å². The van der Waals surface area contributed by atoms with Gasteiger partial charge in [-0.05, 0) is 48.7 Å². The van der Waals surface area contributed by atoms with E-state index in [4.69, 9.17) is 14.6 Å². The second kappa shape index (κ2) is 8.03. The van der Waals surface area contributed by atoms with E-state index in [2.05, 4.69) is 0 Å². The Morgan fingerprint density at radius 2 is 1.91 bits per heavy atom. The van der Waals surface area contributed by atoms with Crippen molar-refractivity contribution >= 4 is 12.0 Å². The molecule has 2 aromatic rings. The molecule has 0 aliphatic rings. The first-order valence-corrected chi connectivity index (χ1v) is 7.45. The van der Waals surface area contributed by atoms with E-state index in [1.165, 1.54) is 11.6 Å². The van der Waals surface area contributed by atoms with Crippen molar-refractivity contribution < 1.29 is 19.4 Å². The van der Waals surface area contributed by atoms with Crippen molar-refractivity contribution in [2.75, 3.05) is 6.61 Å². The maximum atomic E-state index is 10.6. The van der Waals surface area contributed by atoms with E-state index in [-0.39, 0.29) is 0 Å². The molecule has 1 N–H and O–H groups in total. The number of hydrogen-bond acceptors (Lipinski definition) is 3. The number of ether oxygens (including phenoxy) is 2. The minimum absolute atomic E-state index is 0.455. The molecule has 120 valence electrons. The van der Waals surface area contributed by atoms with Crippen LogP contribution in [-0.2, 0) is 11.4 Å². The minimum atomic E-state index is -0.983. The van der Waals surface area contributed by atoms with Gasteiger partial charge in [-0.15, -0.1) is 0 Å². The van der Waals surface area contributed by atoms with Gasteiger partial charge < -0.3 is 14.6 Å². The lowest BCUT2D eigenvalue weighted by Gasteiger charge is -2.13. The van der Waals surface area contributed by atoms with E-state index in [1.54, 1.807) is 18.2 Å². The molecule has 4 nitrogen and oxygen atoms in total. The first-order valence-electron chi connectivity index (χ1n) is 7.45. The third kappa shape index (κ3) is 4.88. The molecule has 0 heterocycles. The van der Waals surface area contributed by atoms with Crippen LogP contribution in [0, 0.1) is 6.92 Å². The lowest BCUT2D eigenvalue weighted by atomic mass is 10.1. The largest absolute Gasteiger partial charge is 0.490 e. The van der Waals surface area contributed by atoms with E-state index in [9.17, 15) is 4.79 Å². The molecule has 0 atom stereocenters. The number of aryl methyl sites for hydroxylation is 1. The highest BCUT2D eigenvalue weighted by atomic mass is 16.5. The molecule has 0 amide bonds. The molecule has 0 aliphatic carbocycles. The molecule has 0 saturated heterocycles. The summed E-state index contributed by atoms with van der Waals surface area (Å²) in [6.45, 7) is 4.90. The maximum Gasteiger partial charge on any atom is 0.328 e. The van der Waals surface area contributed by atoms with Gasteiger partial charge in [0.15, 0.2) is 11.5 Å². The summed E-state index contributed by atoms with van der Waals surface area (Å²) < 4.78 is 11.5. The third-order valence-corrected chi connectivity index (χ3v) is 3.33. The number of carboxylic acid groups (broad SMARTS) is 1. The molecule has 2 aromatic carbocycles. The number of carboxylic acids is 1. The van der Waals surface area contributed by atoms with Crippen LogP contribution in [0.25, 0.3) is 6.08 Å². The second-order valence-electron chi connectivity index (χ2n) is 5.03. The topological polar surface area (TPSA) is 55.8 Å². The summed E-state index contributed by atoms with van der Waals surface area (Å²) >= 11 is 0. The Morgan fingerprint density at radius 3 is 2.61 bits per heavy atom. The fourth-order valence-electron chi connectivity index (χ4n) is 2.11. The normalized spacial score (nSPS) is 10.7. The Hall–Kier alpha value is -2.75. The van der Waals surface area contributed by atoms with E-state index in [0.717, 1.165) is 17.2 Å². The zero-order chi connectivity index (χ0) is 16.7. The number of benzene rings is 2. The monoisotopic (exact) mass is 312 g/mol. The van der Waals surface area contributed by atoms with Crippen LogP contribution in [-0.4, -0.2) is 17.7 Å². The Morgan fingerprint density at radius 1 is 1.13 bits per heavy atom. The Labute approximate surface area is 136 Å². The van der Waals surface area contributed by atoms with Gasteiger partial charge in [0.2, 0.25) is 0 Å². The highest BCUT2D eigenvalue weighted by Gasteiger charge is 2.07. The molecule has 0 unspecified atom stereocenters. The quantitative estimate of drug-likeness (QED) is 0.783. The average Bonchev–Trinajstić information content (AvgIpc) is 2.53. The van der Waals surface area contributed by atoms with Gasteiger partial charge in [-0.2, -0.15) is 0 Å². The zero-order valence-electron chi connectivity index (χ0n) is 13.3. The summed E-state index contributed by atoms with van der Waals surface area (Å²) in [6.07, 6.45) is 2.62. The lowest BCUT2D eigenvalue weighted by molar-refractivity contribution is -0.131. The third-order valence-electron chi connectivity index (χ3n) is 3.33. The summed E-state index contributed by atoms with van der Waals surface area (Å²) in [6, 6.07) is 13.4. The number of carbonyl (C=O) groups is 1. The van der Waals surface area contributed by atoms with Crippen molar-refractivity contribution in [2.45, 2.75) is 20.5 Å². The van der Waals surface area contributed by atoms with Gasteiger partial charge in [0.05, 0.1) is 6.61 Å². The van der Waals surface area contributed by atoms with Crippen molar-refractivity contribution in [3.8, 4) is 11.5 Å². The van der Waals surface area contributed by atoms with Crippen LogP contribution in [0.5, 0.6) is 11.5 Å². The summed E-state index contributed by atoms with van der Waals surface area (Å²) in [5.74, 6) is 0.263. The van der Waals surface area contributed by atoms with E-state index in [0.29, 0.717) is 24.7 Å². The smallest absolute Gasteiger partial charge is 0.328 e. The second-order valence-corrected chi connectivity index (χ2v) is 5.03. The number of aliphatic carboxylic acids is 1. The highest BCUT2D eigenvalue weighted by Crippen LogP contribution is 2.30. The number of rotatable bonds is 7. The van der Waals surface area contributed by atoms with Gasteiger partial charge in [-0.25, -0.2) is 4.79 Å². The molecule has 4 heteroatoms. The standard InChI is InChI=1S/C19H20O4/c1-3-22-18-12-15(9-11-19(20)21)8-10-17(18)23-13-16-7-5-4-6-14(16)2/h4-12H,3,13H2,1-2H3,(H,20,21)/b11-9+. The number of hydrogen-bond donors (Lipinski definition) is 1. The van der Waals surface area contributed by atoms with E-state index in [1.807, 2.05) is 38.1 Å².